The van der Waals surface area contributed by atoms with Gasteiger partial charge in [0, 0.05) is 29.4 Å². The number of rotatable bonds is 5. The maximum atomic E-state index is 14.0. The van der Waals surface area contributed by atoms with Gasteiger partial charge in [-0.3, -0.25) is 4.79 Å². The van der Waals surface area contributed by atoms with Crippen LogP contribution < -0.4 is 5.32 Å². The Labute approximate surface area is 195 Å². The Balaban J connectivity index is 1.40. The van der Waals surface area contributed by atoms with Crippen LogP contribution in [0.1, 0.15) is 23.3 Å². The van der Waals surface area contributed by atoms with E-state index in [0.717, 1.165) is 38.1 Å². The SMILES string of the molecule is Cc1ccc(-c2nc(NC(=O)C3CCN(S(=O)(=O)c4cc(F)ccc4F)CC3)sc2C)cc1. The molecule has 1 aliphatic rings. The number of nitrogens with zero attached hydrogens (tertiary/aromatic N) is 2. The Hall–Kier alpha value is -2.69. The molecule has 0 saturated carbocycles. The Kier molecular flexibility index (Phi) is 6.60. The van der Waals surface area contributed by atoms with E-state index in [1.54, 1.807) is 0 Å². The molecule has 0 atom stereocenters. The Morgan fingerprint density at radius 3 is 2.42 bits per heavy atom. The highest BCUT2D eigenvalue weighted by Gasteiger charge is 2.34. The van der Waals surface area contributed by atoms with Gasteiger partial charge in [0.25, 0.3) is 0 Å². The lowest BCUT2D eigenvalue weighted by Gasteiger charge is -2.30. The summed E-state index contributed by atoms with van der Waals surface area (Å²) in [6.45, 7) is 4.04. The molecule has 1 fully saturated rings. The van der Waals surface area contributed by atoms with Crippen molar-refractivity contribution in [2.75, 3.05) is 18.4 Å². The number of sulfonamides is 1. The summed E-state index contributed by atoms with van der Waals surface area (Å²) in [5.74, 6) is -2.46. The molecule has 1 N–H and O–H groups in total. The van der Waals surface area contributed by atoms with Gasteiger partial charge in [-0.15, -0.1) is 11.3 Å². The summed E-state index contributed by atoms with van der Waals surface area (Å²) < 4.78 is 54.0. The zero-order chi connectivity index (χ0) is 23.8. The third-order valence-corrected chi connectivity index (χ3v) is 8.49. The standard InChI is InChI=1S/C23H23F2N3O3S2/c1-14-3-5-16(6-4-14)21-15(2)32-23(26-21)27-22(29)17-9-11-28(12-10-17)33(30,31)20-13-18(24)7-8-19(20)25/h3-8,13,17H,9-12H2,1-2H3,(H,26,27,29). The minimum Gasteiger partial charge on any atom is -0.302 e. The Bertz CT molecular complexity index is 1280. The molecule has 1 aliphatic heterocycles. The molecule has 1 saturated heterocycles. The van der Waals surface area contributed by atoms with E-state index < -0.39 is 32.5 Å². The van der Waals surface area contributed by atoms with Crippen molar-refractivity contribution in [2.45, 2.75) is 31.6 Å². The third-order valence-electron chi connectivity index (χ3n) is 5.69. The van der Waals surface area contributed by atoms with Crippen LogP contribution in [0.4, 0.5) is 13.9 Å². The number of benzene rings is 2. The number of nitrogens with one attached hydrogen (secondary N) is 1. The van der Waals surface area contributed by atoms with Gasteiger partial charge in [-0.1, -0.05) is 29.8 Å². The second-order valence-electron chi connectivity index (χ2n) is 8.03. The molecule has 1 aromatic heterocycles. The van der Waals surface area contributed by atoms with Gasteiger partial charge in [-0.05, 0) is 44.9 Å². The van der Waals surface area contributed by atoms with Crippen LogP contribution in [0.25, 0.3) is 11.3 Å². The minimum atomic E-state index is -4.18. The molecule has 4 rings (SSSR count). The number of anilines is 1. The van der Waals surface area contributed by atoms with Crippen molar-refractivity contribution in [3.05, 3.63) is 64.5 Å². The molecule has 10 heteroatoms. The number of halogens is 2. The highest BCUT2D eigenvalue weighted by atomic mass is 32.2. The van der Waals surface area contributed by atoms with Crippen LogP contribution in [0.2, 0.25) is 0 Å². The van der Waals surface area contributed by atoms with Crippen LogP contribution in [-0.2, 0) is 14.8 Å². The van der Waals surface area contributed by atoms with E-state index >= 15 is 0 Å². The first-order valence-corrected chi connectivity index (χ1v) is 12.7. The lowest BCUT2D eigenvalue weighted by molar-refractivity contribution is -0.120. The number of carbonyl (C=O) groups excluding carboxylic acids is 1. The molecular formula is C23H23F2N3O3S2. The van der Waals surface area contributed by atoms with E-state index in [0.29, 0.717) is 11.2 Å². The van der Waals surface area contributed by atoms with Crippen molar-refractivity contribution in [3.8, 4) is 11.3 Å². The number of aromatic nitrogens is 1. The van der Waals surface area contributed by atoms with Gasteiger partial charge >= 0.3 is 0 Å². The zero-order valence-corrected chi connectivity index (χ0v) is 19.8. The van der Waals surface area contributed by atoms with Gasteiger partial charge in [0.05, 0.1) is 5.69 Å². The average Bonchev–Trinajstić information content (AvgIpc) is 3.15. The van der Waals surface area contributed by atoms with Crippen LogP contribution in [0.5, 0.6) is 0 Å². The van der Waals surface area contributed by atoms with E-state index in [2.05, 4.69) is 10.3 Å². The maximum absolute atomic E-state index is 14.0. The number of hydrogen-bond donors (Lipinski definition) is 1. The monoisotopic (exact) mass is 491 g/mol. The molecule has 0 unspecified atom stereocenters. The minimum absolute atomic E-state index is 0.0435. The van der Waals surface area contributed by atoms with Crippen LogP contribution in [0, 0.1) is 31.4 Å². The highest BCUT2D eigenvalue weighted by Crippen LogP contribution is 2.32. The van der Waals surface area contributed by atoms with Crippen LogP contribution >= 0.6 is 11.3 Å². The fourth-order valence-corrected chi connectivity index (χ4v) is 6.19. The van der Waals surface area contributed by atoms with Crippen molar-refractivity contribution in [2.24, 2.45) is 5.92 Å². The number of hydrogen-bond acceptors (Lipinski definition) is 5. The number of thiazole rings is 1. The molecule has 6 nitrogen and oxygen atoms in total. The summed E-state index contributed by atoms with van der Waals surface area (Å²) in [4.78, 5) is 17.6. The first-order chi connectivity index (χ1) is 15.6. The van der Waals surface area contributed by atoms with Gasteiger partial charge in [-0.2, -0.15) is 4.31 Å². The van der Waals surface area contributed by atoms with Crippen LogP contribution in [0.3, 0.4) is 0 Å². The molecule has 33 heavy (non-hydrogen) atoms. The predicted octanol–water partition coefficient (Wildman–Crippen LogP) is 4.74. The molecule has 1 amide bonds. The van der Waals surface area contributed by atoms with Crippen molar-refractivity contribution < 1.29 is 22.0 Å². The number of aryl methyl sites for hydroxylation is 2. The van der Waals surface area contributed by atoms with E-state index in [9.17, 15) is 22.0 Å². The average molecular weight is 492 g/mol. The maximum Gasteiger partial charge on any atom is 0.246 e. The largest absolute Gasteiger partial charge is 0.302 e. The summed E-state index contributed by atoms with van der Waals surface area (Å²) in [7, 11) is -4.18. The molecule has 0 radical (unpaired) electrons. The van der Waals surface area contributed by atoms with E-state index in [1.165, 1.54) is 11.3 Å². The normalized spacial score (nSPS) is 15.5. The number of carbonyl (C=O) groups is 1. The Morgan fingerprint density at radius 2 is 1.76 bits per heavy atom. The fraction of sp³-hybridized carbons (Fsp3) is 0.304. The lowest BCUT2D eigenvalue weighted by Crippen LogP contribution is -2.41. The van der Waals surface area contributed by atoms with Crippen molar-refractivity contribution >= 4 is 32.4 Å². The first kappa shape index (κ1) is 23.5. The molecule has 0 bridgehead atoms. The van der Waals surface area contributed by atoms with Crippen LogP contribution in [-0.4, -0.2) is 36.7 Å². The fourth-order valence-electron chi connectivity index (χ4n) is 3.81. The van der Waals surface area contributed by atoms with Gasteiger partial charge in [0.1, 0.15) is 16.5 Å². The molecule has 174 valence electrons. The third kappa shape index (κ3) is 4.97. The number of piperidine rings is 1. The summed E-state index contributed by atoms with van der Waals surface area (Å²) in [6.07, 6.45) is 0.550. The van der Waals surface area contributed by atoms with Crippen LogP contribution in [0.15, 0.2) is 47.4 Å². The molecule has 0 aliphatic carbocycles. The molecule has 2 aromatic carbocycles. The molecule has 0 spiro atoms. The van der Waals surface area contributed by atoms with Gasteiger partial charge in [-0.25, -0.2) is 22.2 Å². The smallest absolute Gasteiger partial charge is 0.246 e. The van der Waals surface area contributed by atoms with Gasteiger partial charge in [0.2, 0.25) is 15.9 Å². The van der Waals surface area contributed by atoms with Gasteiger partial charge in [0.15, 0.2) is 5.13 Å². The summed E-state index contributed by atoms with van der Waals surface area (Å²) in [5, 5.41) is 3.34. The van der Waals surface area contributed by atoms with E-state index in [-0.39, 0.29) is 31.8 Å². The van der Waals surface area contributed by atoms with Crippen molar-refractivity contribution in [3.63, 3.8) is 0 Å². The molecule has 3 aromatic rings. The quantitative estimate of drug-likeness (QED) is 0.559. The second kappa shape index (κ2) is 9.28. The second-order valence-corrected chi connectivity index (χ2v) is 11.1. The van der Waals surface area contributed by atoms with Crippen molar-refractivity contribution in [1.29, 1.82) is 0 Å². The summed E-state index contributed by atoms with van der Waals surface area (Å²) in [6, 6.07) is 10.3. The van der Waals surface area contributed by atoms with E-state index in [4.69, 9.17) is 0 Å². The molecular weight excluding hydrogens is 468 g/mol. The van der Waals surface area contributed by atoms with Gasteiger partial charge < -0.3 is 5.32 Å². The van der Waals surface area contributed by atoms with E-state index in [1.807, 2.05) is 38.1 Å². The first-order valence-electron chi connectivity index (χ1n) is 10.5. The lowest BCUT2D eigenvalue weighted by atomic mass is 9.97. The highest BCUT2D eigenvalue weighted by molar-refractivity contribution is 7.89. The zero-order valence-electron chi connectivity index (χ0n) is 18.1. The van der Waals surface area contributed by atoms with Crippen molar-refractivity contribution in [1.82, 2.24) is 9.29 Å². The Morgan fingerprint density at radius 1 is 1.09 bits per heavy atom. The topological polar surface area (TPSA) is 79.4 Å². The predicted molar refractivity (Wildman–Crippen MR) is 123 cm³/mol. The summed E-state index contributed by atoms with van der Waals surface area (Å²) >= 11 is 1.38. The number of amides is 1. The molecule has 2 heterocycles. The summed E-state index contributed by atoms with van der Waals surface area (Å²) in [5.41, 5.74) is 2.93.